The van der Waals surface area contributed by atoms with Crippen LogP contribution < -0.4 is 10.5 Å². The van der Waals surface area contributed by atoms with Gasteiger partial charge >= 0.3 is 0 Å². The number of aliphatic hydroxyl groups is 1. The molecule has 0 aromatic heterocycles. The zero-order valence-electron chi connectivity index (χ0n) is 12.3. The highest BCUT2D eigenvalue weighted by atomic mass is 32.2. The topological polar surface area (TPSA) is 102 Å². The molecule has 0 aliphatic carbocycles. The molecule has 0 amide bonds. The van der Waals surface area contributed by atoms with Crippen molar-refractivity contribution in [3.63, 3.8) is 0 Å². The van der Waals surface area contributed by atoms with E-state index in [0.29, 0.717) is 37.3 Å². The minimum atomic E-state index is -3.70. The molecule has 1 aromatic carbocycles. The van der Waals surface area contributed by atoms with Crippen LogP contribution in [-0.4, -0.2) is 38.9 Å². The summed E-state index contributed by atoms with van der Waals surface area (Å²) in [6, 6.07) is 3.32. The van der Waals surface area contributed by atoms with Gasteiger partial charge in [-0.3, -0.25) is 0 Å². The van der Waals surface area contributed by atoms with Crippen LogP contribution in [0.2, 0.25) is 0 Å². The first-order valence-corrected chi connectivity index (χ1v) is 8.38. The van der Waals surface area contributed by atoms with Crippen LogP contribution in [0.5, 0.6) is 0 Å². The maximum atomic E-state index is 12.4. The highest BCUT2D eigenvalue weighted by molar-refractivity contribution is 7.89. The van der Waals surface area contributed by atoms with E-state index in [9.17, 15) is 13.5 Å². The van der Waals surface area contributed by atoms with Crippen LogP contribution in [0.3, 0.4) is 0 Å². The monoisotopic (exact) mass is 314 g/mol. The average Bonchev–Trinajstić information content (AvgIpc) is 2.42. The van der Waals surface area contributed by atoms with Gasteiger partial charge in [-0.15, -0.1) is 0 Å². The fourth-order valence-corrected chi connectivity index (χ4v) is 3.84. The lowest BCUT2D eigenvalue weighted by molar-refractivity contribution is -0.0588. The number of sulfonamides is 1. The van der Waals surface area contributed by atoms with E-state index < -0.39 is 15.6 Å². The average molecular weight is 314 g/mol. The van der Waals surface area contributed by atoms with E-state index in [1.54, 1.807) is 26.0 Å². The van der Waals surface area contributed by atoms with Crippen LogP contribution in [0, 0.1) is 13.8 Å². The second kappa shape index (κ2) is 5.92. The van der Waals surface area contributed by atoms with Gasteiger partial charge in [-0.25, -0.2) is 13.1 Å². The third-order valence-electron chi connectivity index (χ3n) is 3.85. The Labute approximate surface area is 125 Å². The minimum Gasteiger partial charge on any atom is -0.398 e. The van der Waals surface area contributed by atoms with Gasteiger partial charge < -0.3 is 15.6 Å². The summed E-state index contributed by atoms with van der Waals surface area (Å²) in [5.41, 5.74) is 6.52. The highest BCUT2D eigenvalue weighted by Gasteiger charge is 2.32. The summed E-state index contributed by atoms with van der Waals surface area (Å²) < 4.78 is 32.5. The summed E-state index contributed by atoms with van der Waals surface area (Å²) in [6.07, 6.45) is 0.842. The standard InChI is InChI=1S/C14H22N2O4S/c1-10-7-12(15)11(2)13(8-10)21(18,19)16-9-14(17)3-5-20-6-4-14/h7-8,16-17H,3-6,9,15H2,1-2H3. The predicted molar refractivity (Wildman–Crippen MR) is 80.5 cm³/mol. The molecule has 7 heteroatoms. The molecule has 0 radical (unpaired) electrons. The van der Waals surface area contributed by atoms with Crippen molar-refractivity contribution in [2.24, 2.45) is 0 Å². The number of ether oxygens (including phenoxy) is 1. The number of nitrogen functional groups attached to an aromatic ring is 1. The first-order chi connectivity index (χ1) is 9.73. The van der Waals surface area contributed by atoms with Crippen molar-refractivity contribution in [1.82, 2.24) is 4.72 Å². The molecule has 21 heavy (non-hydrogen) atoms. The number of nitrogens with one attached hydrogen (secondary N) is 1. The van der Waals surface area contributed by atoms with E-state index in [1.807, 2.05) is 0 Å². The van der Waals surface area contributed by atoms with Crippen LogP contribution in [0.15, 0.2) is 17.0 Å². The first-order valence-electron chi connectivity index (χ1n) is 6.90. The summed E-state index contributed by atoms with van der Waals surface area (Å²) >= 11 is 0. The van der Waals surface area contributed by atoms with Crippen molar-refractivity contribution in [2.75, 3.05) is 25.5 Å². The van der Waals surface area contributed by atoms with E-state index in [0.717, 1.165) is 5.56 Å². The molecule has 118 valence electrons. The first kappa shape index (κ1) is 16.2. The molecule has 1 aromatic rings. The smallest absolute Gasteiger partial charge is 0.241 e. The number of hydrogen-bond donors (Lipinski definition) is 3. The maximum absolute atomic E-state index is 12.4. The molecule has 0 spiro atoms. The van der Waals surface area contributed by atoms with Gasteiger partial charge in [0, 0.05) is 38.3 Å². The molecule has 1 saturated heterocycles. The van der Waals surface area contributed by atoms with E-state index in [1.165, 1.54) is 0 Å². The van der Waals surface area contributed by atoms with Crippen molar-refractivity contribution in [3.05, 3.63) is 23.3 Å². The van der Waals surface area contributed by atoms with Crippen LogP contribution in [-0.2, 0) is 14.8 Å². The van der Waals surface area contributed by atoms with Gasteiger partial charge in [-0.2, -0.15) is 0 Å². The van der Waals surface area contributed by atoms with E-state index in [2.05, 4.69) is 4.72 Å². The Kier molecular flexibility index (Phi) is 4.57. The zero-order valence-corrected chi connectivity index (χ0v) is 13.2. The van der Waals surface area contributed by atoms with Crippen molar-refractivity contribution in [3.8, 4) is 0 Å². The Morgan fingerprint density at radius 3 is 2.57 bits per heavy atom. The summed E-state index contributed by atoms with van der Waals surface area (Å²) in [5, 5.41) is 10.3. The molecule has 0 atom stereocenters. The van der Waals surface area contributed by atoms with Crippen LogP contribution in [0.1, 0.15) is 24.0 Å². The zero-order chi connectivity index (χ0) is 15.7. The summed E-state index contributed by atoms with van der Waals surface area (Å²) in [6.45, 7) is 4.32. The molecule has 1 aliphatic rings. The molecular weight excluding hydrogens is 292 g/mol. The molecule has 1 aliphatic heterocycles. The van der Waals surface area contributed by atoms with Crippen molar-refractivity contribution in [2.45, 2.75) is 37.2 Å². The summed E-state index contributed by atoms with van der Waals surface area (Å²) in [5.74, 6) is 0. The van der Waals surface area contributed by atoms with E-state index >= 15 is 0 Å². The van der Waals surface area contributed by atoms with Gasteiger partial charge in [-0.05, 0) is 37.1 Å². The second-order valence-electron chi connectivity index (χ2n) is 5.64. The lowest BCUT2D eigenvalue weighted by Gasteiger charge is -2.32. The molecule has 1 heterocycles. The van der Waals surface area contributed by atoms with Crippen LogP contribution in [0.25, 0.3) is 0 Å². The molecule has 0 unspecified atom stereocenters. The third kappa shape index (κ3) is 3.74. The number of rotatable bonds is 4. The number of aryl methyl sites for hydroxylation is 1. The Morgan fingerprint density at radius 1 is 1.33 bits per heavy atom. The Bertz CT molecular complexity index is 622. The van der Waals surface area contributed by atoms with Gasteiger partial charge in [0.25, 0.3) is 0 Å². The molecule has 6 nitrogen and oxygen atoms in total. The quantitative estimate of drug-likeness (QED) is 0.710. The molecule has 0 bridgehead atoms. The second-order valence-corrected chi connectivity index (χ2v) is 7.37. The molecule has 2 rings (SSSR count). The van der Waals surface area contributed by atoms with Gasteiger partial charge in [0.1, 0.15) is 0 Å². The fraction of sp³-hybridized carbons (Fsp3) is 0.571. The Morgan fingerprint density at radius 2 is 1.95 bits per heavy atom. The SMILES string of the molecule is Cc1cc(N)c(C)c(S(=O)(=O)NCC2(O)CCOCC2)c1. The number of hydrogen-bond acceptors (Lipinski definition) is 5. The lowest BCUT2D eigenvalue weighted by Crippen LogP contribution is -2.46. The van der Waals surface area contributed by atoms with Crippen LogP contribution in [0.4, 0.5) is 5.69 Å². The summed E-state index contributed by atoms with van der Waals surface area (Å²) in [4.78, 5) is 0.163. The van der Waals surface area contributed by atoms with Crippen LogP contribution >= 0.6 is 0 Å². The fourth-order valence-electron chi connectivity index (χ4n) is 2.37. The molecule has 0 saturated carbocycles. The normalized spacial score (nSPS) is 18.6. The van der Waals surface area contributed by atoms with Crippen molar-refractivity contribution < 1.29 is 18.3 Å². The van der Waals surface area contributed by atoms with Crippen molar-refractivity contribution in [1.29, 1.82) is 0 Å². The van der Waals surface area contributed by atoms with E-state index in [4.69, 9.17) is 10.5 Å². The van der Waals surface area contributed by atoms with E-state index in [-0.39, 0.29) is 11.4 Å². The molecule has 1 fully saturated rings. The Hall–Kier alpha value is -1.15. The molecular formula is C14H22N2O4S. The third-order valence-corrected chi connectivity index (χ3v) is 5.38. The number of nitrogens with two attached hydrogens (primary N) is 1. The molecule has 4 N–H and O–H groups in total. The maximum Gasteiger partial charge on any atom is 0.241 e. The number of benzene rings is 1. The Balaban J connectivity index is 2.19. The lowest BCUT2D eigenvalue weighted by atomic mass is 9.95. The van der Waals surface area contributed by atoms with Crippen molar-refractivity contribution >= 4 is 15.7 Å². The van der Waals surface area contributed by atoms with Gasteiger partial charge in [0.15, 0.2) is 0 Å². The van der Waals surface area contributed by atoms with Gasteiger partial charge in [0.05, 0.1) is 10.5 Å². The summed E-state index contributed by atoms with van der Waals surface area (Å²) in [7, 11) is -3.70. The largest absolute Gasteiger partial charge is 0.398 e. The predicted octanol–water partition coefficient (Wildman–Crippen LogP) is 0.705. The number of anilines is 1. The van der Waals surface area contributed by atoms with Gasteiger partial charge in [0.2, 0.25) is 10.0 Å². The van der Waals surface area contributed by atoms with Gasteiger partial charge in [-0.1, -0.05) is 0 Å². The highest BCUT2D eigenvalue weighted by Crippen LogP contribution is 2.24. The minimum absolute atomic E-state index is 0.0218.